The Kier molecular flexibility index (Phi) is 4.00. The second kappa shape index (κ2) is 6.09. The van der Waals surface area contributed by atoms with Crippen molar-refractivity contribution < 1.29 is 4.79 Å². The molecular formula is C16H18N4O2. The lowest BCUT2D eigenvalue weighted by Crippen LogP contribution is -2.39. The lowest BCUT2D eigenvalue weighted by Gasteiger charge is -2.32. The number of amides is 1. The van der Waals surface area contributed by atoms with Crippen LogP contribution in [-0.4, -0.2) is 38.8 Å². The molecule has 6 nitrogen and oxygen atoms in total. The zero-order chi connectivity index (χ0) is 15.5. The molecule has 3 rings (SSSR count). The number of hydrogen-bond donors (Lipinski definition) is 1. The number of likely N-dealkylation sites (tertiary alicyclic amines) is 1. The molecule has 0 bridgehead atoms. The number of nitrogens with zero attached hydrogens (tertiary/aromatic N) is 3. The molecule has 0 radical (unpaired) electrons. The number of carbonyl (C=O) groups excluding carboxylic acids is 1. The van der Waals surface area contributed by atoms with Gasteiger partial charge in [0.1, 0.15) is 5.82 Å². The number of aromatic nitrogens is 3. The van der Waals surface area contributed by atoms with E-state index in [0.29, 0.717) is 17.9 Å². The van der Waals surface area contributed by atoms with Gasteiger partial charge < -0.3 is 9.88 Å². The number of carbonyl (C=O) groups is 1. The van der Waals surface area contributed by atoms with Crippen LogP contribution in [0.5, 0.6) is 0 Å². The Morgan fingerprint density at radius 2 is 2.32 bits per heavy atom. The SMILES string of the molecule is Cc1nc([C@H]2CCCN(C(=O)c3cccnc3)C2)cc(=O)[nH]1. The van der Waals surface area contributed by atoms with Gasteiger partial charge in [-0.1, -0.05) is 0 Å². The number of H-pyrrole nitrogens is 1. The summed E-state index contributed by atoms with van der Waals surface area (Å²) >= 11 is 0. The Morgan fingerprint density at radius 1 is 1.45 bits per heavy atom. The quantitative estimate of drug-likeness (QED) is 0.911. The first-order valence-electron chi connectivity index (χ1n) is 7.40. The minimum atomic E-state index is -0.141. The van der Waals surface area contributed by atoms with E-state index in [0.717, 1.165) is 25.1 Å². The van der Waals surface area contributed by atoms with Gasteiger partial charge >= 0.3 is 0 Å². The van der Waals surface area contributed by atoms with Crippen LogP contribution in [-0.2, 0) is 0 Å². The Bertz CT molecular complexity index is 726. The molecule has 1 aliphatic heterocycles. The minimum absolute atomic E-state index is 0.0145. The van der Waals surface area contributed by atoms with Gasteiger partial charge in [-0.3, -0.25) is 14.6 Å². The van der Waals surface area contributed by atoms with Crippen molar-refractivity contribution in [2.24, 2.45) is 0 Å². The van der Waals surface area contributed by atoms with Crippen molar-refractivity contribution >= 4 is 5.91 Å². The highest BCUT2D eigenvalue weighted by Gasteiger charge is 2.26. The van der Waals surface area contributed by atoms with Crippen LogP contribution < -0.4 is 5.56 Å². The fourth-order valence-corrected chi connectivity index (χ4v) is 2.89. The van der Waals surface area contributed by atoms with E-state index in [-0.39, 0.29) is 17.4 Å². The largest absolute Gasteiger partial charge is 0.338 e. The van der Waals surface area contributed by atoms with Gasteiger partial charge in [-0.05, 0) is 31.9 Å². The monoisotopic (exact) mass is 298 g/mol. The molecular weight excluding hydrogens is 280 g/mol. The van der Waals surface area contributed by atoms with Crippen molar-refractivity contribution in [1.29, 1.82) is 0 Å². The second-order valence-electron chi connectivity index (χ2n) is 5.59. The molecule has 0 saturated carbocycles. The molecule has 0 aliphatic carbocycles. The predicted molar refractivity (Wildman–Crippen MR) is 81.7 cm³/mol. The number of hydrogen-bond acceptors (Lipinski definition) is 4. The number of aryl methyl sites for hydroxylation is 1. The first-order valence-corrected chi connectivity index (χ1v) is 7.40. The number of piperidine rings is 1. The summed E-state index contributed by atoms with van der Waals surface area (Å²) in [4.78, 5) is 37.0. The molecule has 2 aromatic rings. The number of pyridine rings is 1. The van der Waals surface area contributed by atoms with E-state index in [4.69, 9.17) is 0 Å². The van der Waals surface area contributed by atoms with E-state index >= 15 is 0 Å². The molecule has 0 spiro atoms. The highest BCUT2D eigenvalue weighted by atomic mass is 16.2. The third-order valence-corrected chi connectivity index (χ3v) is 3.92. The fourth-order valence-electron chi connectivity index (χ4n) is 2.89. The minimum Gasteiger partial charge on any atom is -0.338 e. The van der Waals surface area contributed by atoms with Gasteiger partial charge in [0.2, 0.25) is 0 Å². The average molecular weight is 298 g/mol. The Morgan fingerprint density at radius 3 is 3.05 bits per heavy atom. The van der Waals surface area contributed by atoms with Gasteiger partial charge in [-0.25, -0.2) is 4.98 Å². The van der Waals surface area contributed by atoms with Crippen LogP contribution in [0.15, 0.2) is 35.4 Å². The highest BCUT2D eigenvalue weighted by Crippen LogP contribution is 2.25. The Labute approximate surface area is 128 Å². The van der Waals surface area contributed by atoms with Crippen molar-refractivity contribution in [2.45, 2.75) is 25.7 Å². The number of nitrogens with one attached hydrogen (secondary N) is 1. The maximum atomic E-state index is 12.5. The third-order valence-electron chi connectivity index (χ3n) is 3.92. The summed E-state index contributed by atoms with van der Waals surface area (Å²) in [6, 6.07) is 5.07. The van der Waals surface area contributed by atoms with E-state index in [1.807, 2.05) is 4.90 Å². The Balaban J connectivity index is 1.79. The molecule has 1 atom stereocenters. The number of rotatable bonds is 2. The van der Waals surface area contributed by atoms with E-state index in [1.54, 1.807) is 31.5 Å². The summed E-state index contributed by atoms with van der Waals surface area (Å²) in [7, 11) is 0. The molecule has 0 unspecified atom stereocenters. The van der Waals surface area contributed by atoms with Crippen LogP contribution in [0, 0.1) is 6.92 Å². The standard InChI is InChI=1S/C16H18N4O2/c1-11-18-14(8-15(21)19-11)13-5-3-7-20(10-13)16(22)12-4-2-6-17-9-12/h2,4,6,8-9,13H,3,5,7,10H2,1H3,(H,18,19,21)/t13-/m0/s1. The summed E-state index contributed by atoms with van der Waals surface area (Å²) in [6.07, 6.45) is 5.08. The normalized spacial score (nSPS) is 18.2. The average Bonchev–Trinajstić information content (AvgIpc) is 2.54. The van der Waals surface area contributed by atoms with Crippen molar-refractivity contribution in [1.82, 2.24) is 19.9 Å². The predicted octanol–water partition coefficient (Wildman–Crippen LogP) is 1.49. The van der Waals surface area contributed by atoms with Gasteiger partial charge in [0.25, 0.3) is 11.5 Å². The second-order valence-corrected chi connectivity index (χ2v) is 5.59. The molecule has 1 aliphatic rings. The van der Waals surface area contributed by atoms with Crippen LogP contribution in [0.25, 0.3) is 0 Å². The lowest BCUT2D eigenvalue weighted by atomic mass is 9.94. The molecule has 6 heteroatoms. The van der Waals surface area contributed by atoms with Crippen molar-refractivity contribution in [3.05, 3.63) is 58.0 Å². The lowest BCUT2D eigenvalue weighted by molar-refractivity contribution is 0.0705. The van der Waals surface area contributed by atoms with Gasteiger partial charge in [0.15, 0.2) is 0 Å². The number of aromatic amines is 1. The van der Waals surface area contributed by atoms with Gasteiger partial charge in [0, 0.05) is 37.5 Å². The maximum Gasteiger partial charge on any atom is 0.255 e. The molecule has 3 heterocycles. The van der Waals surface area contributed by atoms with E-state index in [1.165, 1.54) is 6.07 Å². The zero-order valence-corrected chi connectivity index (χ0v) is 12.5. The van der Waals surface area contributed by atoms with E-state index < -0.39 is 0 Å². The van der Waals surface area contributed by atoms with Crippen molar-refractivity contribution in [3.63, 3.8) is 0 Å². The molecule has 22 heavy (non-hydrogen) atoms. The Hall–Kier alpha value is -2.50. The first kappa shape index (κ1) is 14.4. The molecule has 1 amide bonds. The van der Waals surface area contributed by atoms with Crippen LogP contribution in [0.3, 0.4) is 0 Å². The molecule has 1 fully saturated rings. The summed E-state index contributed by atoms with van der Waals surface area (Å²) < 4.78 is 0. The third kappa shape index (κ3) is 3.05. The summed E-state index contributed by atoms with van der Waals surface area (Å²) in [5.74, 6) is 0.702. The topological polar surface area (TPSA) is 79.0 Å². The zero-order valence-electron chi connectivity index (χ0n) is 12.5. The maximum absolute atomic E-state index is 12.5. The van der Waals surface area contributed by atoms with Crippen LogP contribution in [0.2, 0.25) is 0 Å². The van der Waals surface area contributed by atoms with Gasteiger partial charge in [0.05, 0.1) is 11.3 Å². The van der Waals surface area contributed by atoms with Crippen LogP contribution >= 0.6 is 0 Å². The summed E-state index contributed by atoms with van der Waals surface area (Å²) in [5, 5.41) is 0. The van der Waals surface area contributed by atoms with E-state index in [2.05, 4.69) is 15.0 Å². The first-order chi connectivity index (χ1) is 10.6. The van der Waals surface area contributed by atoms with E-state index in [9.17, 15) is 9.59 Å². The van der Waals surface area contributed by atoms with Crippen LogP contribution in [0.4, 0.5) is 0 Å². The molecule has 0 aromatic carbocycles. The smallest absolute Gasteiger partial charge is 0.255 e. The van der Waals surface area contributed by atoms with Crippen molar-refractivity contribution in [2.75, 3.05) is 13.1 Å². The molecule has 1 N–H and O–H groups in total. The van der Waals surface area contributed by atoms with Gasteiger partial charge in [-0.2, -0.15) is 0 Å². The highest BCUT2D eigenvalue weighted by molar-refractivity contribution is 5.93. The summed E-state index contributed by atoms with van der Waals surface area (Å²) in [6.45, 7) is 3.09. The fraction of sp³-hybridized carbons (Fsp3) is 0.375. The summed E-state index contributed by atoms with van der Waals surface area (Å²) in [5.41, 5.74) is 1.22. The molecule has 114 valence electrons. The van der Waals surface area contributed by atoms with Crippen LogP contribution in [0.1, 0.15) is 40.6 Å². The van der Waals surface area contributed by atoms with Gasteiger partial charge in [-0.15, -0.1) is 0 Å². The molecule has 2 aromatic heterocycles. The molecule has 1 saturated heterocycles. The van der Waals surface area contributed by atoms with Crippen molar-refractivity contribution in [3.8, 4) is 0 Å².